The third-order valence-corrected chi connectivity index (χ3v) is 0.783. The Hall–Kier alpha value is -1.26. The number of amides is 1. The van der Waals surface area contributed by atoms with E-state index in [9.17, 15) is 9.59 Å². The molecule has 5 nitrogen and oxygen atoms in total. The highest BCUT2D eigenvalue weighted by atomic mass is 16.6. The summed E-state index contributed by atoms with van der Waals surface area (Å²) in [7, 11) is 0. The van der Waals surface area contributed by atoms with Crippen molar-refractivity contribution in [1.29, 1.82) is 0 Å². The Bertz CT molecular complexity index is 184. The van der Waals surface area contributed by atoms with E-state index in [0.29, 0.717) is 0 Å². The highest BCUT2D eigenvalue weighted by molar-refractivity contribution is 5.76. The zero-order valence-corrected chi connectivity index (χ0v) is 9.38. The van der Waals surface area contributed by atoms with Gasteiger partial charge in [-0.3, -0.25) is 4.79 Å². The van der Waals surface area contributed by atoms with Gasteiger partial charge in [-0.25, -0.2) is 4.79 Å². The smallest absolute Gasteiger partial charge is 0.408 e. The van der Waals surface area contributed by atoms with Crippen LogP contribution < -0.4 is 5.32 Å². The molecule has 0 aromatic carbocycles. The average Bonchev–Trinajstić information content (AvgIpc) is 2.02. The van der Waals surface area contributed by atoms with E-state index in [2.05, 4.69) is 5.32 Å². The fourth-order valence-corrected chi connectivity index (χ4v) is 0.462. The van der Waals surface area contributed by atoms with Crippen molar-refractivity contribution < 1.29 is 19.4 Å². The van der Waals surface area contributed by atoms with Gasteiger partial charge in [0.1, 0.15) is 12.1 Å². The fourth-order valence-electron chi connectivity index (χ4n) is 0.462. The Kier molecular flexibility index (Phi) is 7.80. The maximum Gasteiger partial charge on any atom is 0.408 e. The van der Waals surface area contributed by atoms with Crippen molar-refractivity contribution in [2.24, 2.45) is 0 Å². The van der Waals surface area contributed by atoms with Gasteiger partial charge in [0.25, 0.3) is 0 Å². The first-order chi connectivity index (χ1) is 6.31. The van der Waals surface area contributed by atoms with Crippen LogP contribution in [-0.2, 0) is 9.53 Å². The molecule has 0 aromatic rings. The molecule has 5 heteroatoms. The van der Waals surface area contributed by atoms with E-state index in [-0.39, 0.29) is 0 Å². The predicted molar refractivity (Wildman–Crippen MR) is 53.2 cm³/mol. The summed E-state index contributed by atoms with van der Waals surface area (Å²) in [6.07, 6.45) is -0.718. The van der Waals surface area contributed by atoms with Crippen molar-refractivity contribution in [1.82, 2.24) is 5.32 Å². The molecule has 0 saturated carbocycles. The minimum absolute atomic E-state index is 0.422. The van der Waals surface area contributed by atoms with Crippen molar-refractivity contribution in [3.63, 3.8) is 0 Å². The van der Waals surface area contributed by atoms with Crippen molar-refractivity contribution >= 4 is 12.1 Å². The van der Waals surface area contributed by atoms with Gasteiger partial charge >= 0.3 is 12.1 Å². The fraction of sp³-hybridized carbons (Fsp3) is 0.778. The SMILES string of the molecule is CC.CC(C)(C)OC(=O)NCC(=O)O. The number of alkyl carbamates (subject to hydrolysis) is 1. The van der Waals surface area contributed by atoms with E-state index in [4.69, 9.17) is 9.84 Å². The van der Waals surface area contributed by atoms with Crippen LogP contribution in [0.4, 0.5) is 4.79 Å². The second kappa shape index (κ2) is 7.17. The molecule has 0 fully saturated rings. The van der Waals surface area contributed by atoms with Gasteiger partial charge in [-0.2, -0.15) is 0 Å². The van der Waals surface area contributed by atoms with Gasteiger partial charge in [-0.1, -0.05) is 13.8 Å². The Labute approximate surface area is 84.4 Å². The van der Waals surface area contributed by atoms with Crippen LogP contribution in [-0.4, -0.2) is 29.3 Å². The van der Waals surface area contributed by atoms with E-state index in [1.165, 1.54) is 0 Å². The second-order valence-electron chi connectivity index (χ2n) is 3.25. The van der Waals surface area contributed by atoms with Crippen molar-refractivity contribution in [2.45, 2.75) is 40.2 Å². The van der Waals surface area contributed by atoms with Gasteiger partial charge in [0.15, 0.2) is 0 Å². The lowest BCUT2D eigenvalue weighted by Crippen LogP contribution is -2.35. The van der Waals surface area contributed by atoms with E-state index >= 15 is 0 Å². The molecule has 0 aliphatic carbocycles. The summed E-state index contributed by atoms with van der Waals surface area (Å²) in [5.74, 6) is -1.10. The molecule has 0 heterocycles. The maximum absolute atomic E-state index is 10.8. The normalized spacial score (nSPS) is 9.50. The van der Waals surface area contributed by atoms with Crippen LogP contribution in [0.15, 0.2) is 0 Å². The zero-order chi connectivity index (χ0) is 11.8. The number of carboxylic acids is 1. The lowest BCUT2D eigenvalue weighted by atomic mass is 10.2. The molecule has 0 aromatic heterocycles. The quantitative estimate of drug-likeness (QED) is 0.718. The van der Waals surface area contributed by atoms with Gasteiger partial charge in [0, 0.05) is 0 Å². The zero-order valence-electron chi connectivity index (χ0n) is 9.38. The van der Waals surface area contributed by atoms with Crippen LogP contribution in [0, 0.1) is 0 Å². The van der Waals surface area contributed by atoms with Crippen LogP contribution in [0.5, 0.6) is 0 Å². The Balaban J connectivity index is 0. The molecule has 0 aliphatic heterocycles. The molecule has 84 valence electrons. The third-order valence-electron chi connectivity index (χ3n) is 0.783. The first-order valence-electron chi connectivity index (χ1n) is 4.50. The van der Waals surface area contributed by atoms with Crippen LogP contribution >= 0.6 is 0 Å². The first-order valence-corrected chi connectivity index (χ1v) is 4.50. The summed E-state index contributed by atoms with van der Waals surface area (Å²) in [6, 6.07) is 0. The van der Waals surface area contributed by atoms with Gasteiger partial charge < -0.3 is 15.2 Å². The molecular formula is C9H19NO4. The van der Waals surface area contributed by atoms with Crippen molar-refractivity contribution in [2.75, 3.05) is 6.54 Å². The Morgan fingerprint density at radius 2 is 1.71 bits per heavy atom. The lowest BCUT2D eigenvalue weighted by Gasteiger charge is -2.19. The number of carboxylic acid groups (broad SMARTS) is 1. The van der Waals surface area contributed by atoms with E-state index in [0.717, 1.165) is 0 Å². The standard InChI is InChI=1S/C7H13NO4.C2H6/c1-7(2,3)12-6(11)8-4-5(9)10;1-2/h4H2,1-3H3,(H,8,11)(H,9,10);1-2H3. The van der Waals surface area contributed by atoms with E-state index in [1.54, 1.807) is 20.8 Å². The maximum atomic E-state index is 10.8. The number of ether oxygens (including phenoxy) is 1. The summed E-state index contributed by atoms with van der Waals surface area (Å²) in [5, 5.41) is 10.3. The number of rotatable bonds is 2. The predicted octanol–water partition coefficient (Wildman–Crippen LogP) is 1.62. The molecular weight excluding hydrogens is 186 g/mol. The molecule has 0 rings (SSSR count). The molecule has 0 unspecified atom stereocenters. The number of hydrogen-bond donors (Lipinski definition) is 2. The minimum Gasteiger partial charge on any atom is -0.480 e. The average molecular weight is 205 g/mol. The molecule has 0 bridgehead atoms. The summed E-state index contributed by atoms with van der Waals surface area (Å²) in [4.78, 5) is 20.8. The summed E-state index contributed by atoms with van der Waals surface area (Å²) >= 11 is 0. The molecule has 0 aliphatic rings. The topological polar surface area (TPSA) is 75.6 Å². The molecule has 0 saturated heterocycles. The molecule has 1 amide bonds. The van der Waals surface area contributed by atoms with Crippen LogP contribution in [0.1, 0.15) is 34.6 Å². The highest BCUT2D eigenvalue weighted by Crippen LogP contribution is 2.05. The van der Waals surface area contributed by atoms with Crippen LogP contribution in [0.3, 0.4) is 0 Å². The minimum atomic E-state index is -1.10. The number of aliphatic carboxylic acids is 1. The van der Waals surface area contributed by atoms with Gasteiger partial charge in [0.05, 0.1) is 0 Å². The number of nitrogens with one attached hydrogen (secondary N) is 1. The lowest BCUT2D eigenvalue weighted by molar-refractivity contribution is -0.136. The third kappa shape index (κ3) is 13.3. The van der Waals surface area contributed by atoms with E-state index < -0.39 is 24.2 Å². The van der Waals surface area contributed by atoms with Gasteiger partial charge in [-0.15, -0.1) is 0 Å². The highest BCUT2D eigenvalue weighted by Gasteiger charge is 2.15. The Morgan fingerprint density at radius 1 is 1.29 bits per heavy atom. The summed E-state index contributed by atoms with van der Waals surface area (Å²) in [6.45, 7) is 8.68. The van der Waals surface area contributed by atoms with Gasteiger partial charge in [-0.05, 0) is 20.8 Å². The largest absolute Gasteiger partial charge is 0.480 e. The Morgan fingerprint density at radius 3 is 2.00 bits per heavy atom. The summed E-state index contributed by atoms with van der Waals surface area (Å²) in [5.41, 5.74) is -0.595. The monoisotopic (exact) mass is 205 g/mol. The molecule has 0 radical (unpaired) electrons. The molecule has 2 N–H and O–H groups in total. The number of carbonyl (C=O) groups excluding carboxylic acids is 1. The molecule has 0 spiro atoms. The van der Waals surface area contributed by atoms with Crippen molar-refractivity contribution in [3.8, 4) is 0 Å². The second-order valence-corrected chi connectivity index (χ2v) is 3.25. The molecule has 0 atom stereocenters. The summed E-state index contributed by atoms with van der Waals surface area (Å²) < 4.78 is 4.77. The van der Waals surface area contributed by atoms with Crippen molar-refractivity contribution in [3.05, 3.63) is 0 Å². The molecule has 14 heavy (non-hydrogen) atoms. The van der Waals surface area contributed by atoms with E-state index in [1.807, 2.05) is 13.8 Å². The number of hydrogen-bond acceptors (Lipinski definition) is 3. The van der Waals surface area contributed by atoms with Gasteiger partial charge in [0.2, 0.25) is 0 Å². The van der Waals surface area contributed by atoms with Crippen LogP contribution in [0.25, 0.3) is 0 Å². The number of carbonyl (C=O) groups is 2. The van der Waals surface area contributed by atoms with Crippen LogP contribution in [0.2, 0.25) is 0 Å². The first kappa shape index (κ1) is 15.2.